The van der Waals surface area contributed by atoms with Gasteiger partial charge in [-0.15, -0.1) is 21.5 Å². The molecule has 5 aromatic rings. The first-order valence-electron chi connectivity index (χ1n) is 14.6. The van der Waals surface area contributed by atoms with Crippen LogP contribution in [0.1, 0.15) is 44.6 Å². The minimum atomic E-state index is -0.264. The number of carbonyl (C=O) groups is 2. The fourth-order valence-electron chi connectivity index (χ4n) is 5.17. The molecule has 2 aromatic heterocycles. The lowest BCUT2D eigenvalue weighted by molar-refractivity contribution is -0.130. The fraction of sp³-hybridized carbons (Fsp3) is 0.206. The van der Waals surface area contributed by atoms with Crippen molar-refractivity contribution in [3.8, 4) is 17.2 Å². The summed E-state index contributed by atoms with van der Waals surface area (Å²) in [5, 5.41) is 20.7. The van der Waals surface area contributed by atoms with E-state index < -0.39 is 0 Å². The van der Waals surface area contributed by atoms with Crippen molar-refractivity contribution in [2.24, 2.45) is 5.10 Å². The van der Waals surface area contributed by atoms with Crippen molar-refractivity contribution in [3.63, 3.8) is 0 Å². The molecule has 1 atom stereocenters. The molecule has 3 heterocycles. The van der Waals surface area contributed by atoms with Crippen LogP contribution in [0.2, 0.25) is 0 Å². The van der Waals surface area contributed by atoms with Crippen LogP contribution in [0.3, 0.4) is 0 Å². The molecule has 46 heavy (non-hydrogen) atoms. The molecule has 0 bridgehead atoms. The molecule has 0 saturated carbocycles. The number of aryl methyl sites for hydroxylation is 1. The lowest BCUT2D eigenvalue weighted by Crippen LogP contribution is -2.28. The minimum Gasteiger partial charge on any atom is -0.497 e. The van der Waals surface area contributed by atoms with Gasteiger partial charge in [0, 0.05) is 17.7 Å². The number of nitrogens with zero attached hydrogens (tertiary/aromatic N) is 5. The standard InChI is InChI=1S/C34H32N6O4S2/c1-22-7-4-9-25(17-22)39-31(20-35-33(42)24-8-5-10-27(18-24)44-3)36-37-34(39)46-21-32(41)40-29(23-12-14-26(43-2)15-13-23)19-28(38-40)30-11-6-16-45-30/h4-18,29H,19-21H2,1-3H3,(H,35,42)/t29-/m0/s1. The molecule has 0 fully saturated rings. The van der Waals surface area contributed by atoms with Crippen LogP contribution in [0.5, 0.6) is 11.5 Å². The quantitative estimate of drug-likeness (QED) is 0.173. The summed E-state index contributed by atoms with van der Waals surface area (Å²) >= 11 is 2.89. The van der Waals surface area contributed by atoms with Crippen LogP contribution in [0, 0.1) is 6.92 Å². The van der Waals surface area contributed by atoms with Crippen molar-refractivity contribution in [3.05, 3.63) is 118 Å². The smallest absolute Gasteiger partial charge is 0.253 e. The Morgan fingerprint density at radius 3 is 2.50 bits per heavy atom. The van der Waals surface area contributed by atoms with Crippen LogP contribution in [0.4, 0.5) is 0 Å². The van der Waals surface area contributed by atoms with Crippen molar-refractivity contribution in [2.45, 2.75) is 31.1 Å². The summed E-state index contributed by atoms with van der Waals surface area (Å²) in [7, 11) is 3.19. The second-order valence-corrected chi connectivity index (χ2v) is 12.4. The highest BCUT2D eigenvalue weighted by Crippen LogP contribution is 2.35. The fourth-order valence-corrected chi connectivity index (χ4v) is 6.71. The second kappa shape index (κ2) is 14.0. The largest absolute Gasteiger partial charge is 0.497 e. The Morgan fingerprint density at radius 2 is 1.76 bits per heavy atom. The number of hydrogen-bond donors (Lipinski definition) is 1. The first kappa shape index (κ1) is 31.1. The molecule has 3 aromatic carbocycles. The van der Waals surface area contributed by atoms with Gasteiger partial charge in [0.1, 0.15) is 11.5 Å². The number of ether oxygens (including phenoxy) is 2. The summed E-state index contributed by atoms with van der Waals surface area (Å²) in [6.07, 6.45) is 0.611. The molecular weight excluding hydrogens is 621 g/mol. The van der Waals surface area contributed by atoms with Crippen molar-refractivity contribution >= 4 is 40.6 Å². The molecule has 1 aliphatic heterocycles. The molecule has 0 spiro atoms. The zero-order chi connectivity index (χ0) is 32.0. The molecule has 0 saturated heterocycles. The van der Waals surface area contributed by atoms with Crippen LogP contribution < -0.4 is 14.8 Å². The van der Waals surface area contributed by atoms with Crippen molar-refractivity contribution in [1.82, 2.24) is 25.1 Å². The third-order valence-electron chi connectivity index (χ3n) is 7.50. The summed E-state index contributed by atoms with van der Waals surface area (Å²) in [4.78, 5) is 27.8. The van der Waals surface area contributed by atoms with E-state index >= 15 is 0 Å². The second-order valence-electron chi connectivity index (χ2n) is 10.5. The topological polar surface area (TPSA) is 111 Å². The maximum absolute atomic E-state index is 13.8. The molecule has 0 aliphatic carbocycles. The Kier molecular flexibility index (Phi) is 9.46. The number of thiophene rings is 1. The normalized spacial score (nSPS) is 14.2. The maximum atomic E-state index is 13.8. The van der Waals surface area contributed by atoms with Gasteiger partial charge < -0.3 is 14.8 Å². The number of carbonyl (C=O) groups excluding carboxylic acids is 2. The van der Waals surface area contributed by atoms with Crippen LogP contribution in [-0.4, -0.2) is 57.3 Å². The van der Waals surface area contributed by atoms with Gasteiger partial charge in [0.25, 0.3) is 11.8 Å². The first-order chi connectivity index (χ1) is 22.4. The van der Waals surface area contributed by atoms with Gasteiger partial charge >= 0.3 is 0 Å². The van der Waals surface area contributed by atoms with E-state index in [1.54, 1.807) is 54.8 Å². The lowest BCUT2D eigenvalue weighted by atomic mass is 10.0. The average Bonchev–Trinajstić information content (AvgIpc) is 3.86. The molecule has 1 aliphatic rings. The number of hydrazone groups is 1. The van der Waals surface area contributed by atoms with Crippen molar-refractivity contribution < 1.29 is 19.1 Å². The van der Waals surface area contributed by atoms with E-state index in [9.17, 15) is 9.59 Å². The van der Waals surface area contributed by atoms with E-state index in [4.69, 9.17) is 14.6 Å². The van der Waals surface area contributed by atoms with E-state index in [1.807, 2.05) is 77.5 Å². The van der Waals surface area contributed by atoms with E-state index in [2.05, 4.69) is 15.5 Å². The number of methoxy groups -OCH3 is 2. The van der Waals surface area contributed by atoms with Gasteiger partial charge in [-0.3, -0.25) is 14.2 Å². The van der Waals surface area contributed by atoms with Crippen LogP contribution in [-0.2, 0) is 11.3 Å². The van der Waals surface area contributed by atoms with Gasteiger partial charge in [-0.05, 0) is 72.0 Å². The molecule has 6 rings (SSSR count). The van der Waals surface area contributed by atoms with E-state index in [0.29, 0.717) is 28.7 Å². The Morgan fingerprint density at radius 1 is 0.957 bits per heavy atom. The van der Waals surface area contributed by atoms with Gasteiger partial charge in [0.05, 0.1) is 43.1 Å². The van der Waals surface area contributed by atoms with Crippen molar-refractivity contribution in [1.29, 1.82) is 0 Å². The molecule has 0 unspecified atom stereocenters. The third kappa shape index (κ3) is 6.82. The first-order valence-corrected chi connectivity index (χ1v) is 16.4. The SMILES string of the molecule is COc1ccc([C@@H]2CC(c3cccs3)=NN2C(=O)CSc2nnc(CNC(=O)c3cccc(OC)c3)n2-c2cccc(C)c2)cc1. The lowest BCUT2D eigenvalue weighted by Gasteiger charge is -2.22. The number of hydrogen-bond acceptors (Lipinski definition) is 9. The molecule has 10 nitrogen and oxygen atoms in total. The zero-order valence-electron chi connectivity index (χ0n) is 25.5. The molecule has 1 N–H and O–H groups in total. The van der Waals surface area contributed by atoms with Crippen LogP contribution in [0.25, 0.3) is 5.69 Å². The van der Waals surface area contributed by atoms with Gasteiger partial charge in [-0.1, -0.05) is 48.2 Å². The van der Waals surface area contributed by atoms with E-state index in [-0.39, 0.29) is 30.2 Å². The van der Waals surface area contributed by atoms with Gasteiger partial charge in [-0.25, -0.2) is 5.01 Å². The Labute approximate surface area is 275 Å². The highest BCUT2D eigenvalue weighted by molar-refractivity contribution is 7.99. The highest BCUT2D eigenvalue weighted by Gasteiger charge is 2.33. The van der Waals surface area contributed by atoms with Crippen LogP contribution >= 0.6 is 23.1 Å². The molecule has 12 heteroatoms. The number of benzene rings is 3. The van der Waals surface area contributed by atoms with Crippen molar-refractivity contribution in [2.75, 3.05) is 20.0 Å². The van der Waals surface area contributed by atoms with Gasteiger partial charge in [0.15, 0.2) is 11.0 Å². The Balaban J connectivity index is 1.23. The monoisotopic (exact) mass is 652 g/mol. The summed E-state index contributed by atoms with van der Waals surface area (Å²) in [6, 6.07) is 26.4. The highest BCUT2D eigenvalue weighted by atomic mass is 32.2. The predicted octanol–water partition coefficient (Wildman–Crippen LogP) is 6.05. The summed E-state index contributed by atoms with van der Waals surface area (Å²) in [5.41, 5.74) is 4.22. The molecule has 2 amide bonds. The van der Waals surface area contributed by atoms with E-state index in [1.165, 1.54) is 11.8 Å². The zero-order valence-corrected chi connectivity index (χ0v) is 27.2. The summed E-state index contributed by atoms with van der Waals surface area (Å²) in [5.74, 6) is 1.56. The number of nitrogens with one attached hydrogen (secondary N) is 1. The number of aromatic nitrogens is 3. The predicted molar refractivity (Wildman–Crippen MR) is 179 cm³/mol. The number of thioether (sulfide) groups is 1. The summed E-state index contributed by atoms with van der Waals surface area (Å²) < 4.78 is 12.5. The van der Waals surface area contributed by atoms with Gasteiger partial charge in [-0.2, -0.15) is 5.10 Å². The maximum Gasteiger partial charge on any atom is 0.253 e. The number of amides is 2. The third-order valence-corrected chi connectivity index (χ3v) is 9.33. The molecular formula is C34H32N6O4S2. The average molecular weight is 653 g/mol. The number of rotatable bonds is 11. The molecule has 0 radical (unpaired) electrons. The van der Waals surface area contributed by atoms with E-state index in [0.717, 1.165) is 33.2 Å². The Hall–Kier alpha value is -4.94. The Bertz CT molecular complexity index is 1870. The molecule has 234 valence electrons. The minimum absolute atomic E-state index is 0.0913. The summed E-state index contributed by atoms with van der Waals surface area (Å²) in [6.45, 7) is 2.13. The van der Waals surface area contributed by atoms with Crippen LogP contribution in [0.15, 0.2) is 101 Å². The van der Waals surface area contributed by atoms with Gasteiger partial charge in [0.2, 0.25) is 0 Å².